The van der Waals surface area contributed by atoms with Gasteiger partial charge in [-0.15, -0.1) is 10.2 Å². The second-order valence-electron chi connectivity index (χ2n) is 8.23. The van der Waals surface area contributed by atoms with Crippen LogP contribution in [0.4, 0.5) is 0 Å². The Labute approximate surface area is 203 Å². The molecule has 9 heteroatoms. The maximum absolute atomic E-state index is 13.2. The van der Waals surface area contributed by atoms with Gasteiger partial charge in [-0.1, -0.05) is 42.1 Å². The Morgan fingerprint density at radius 1 is 1.12 bits per heavy atom. The maximum Gasteiger partial charge on any atom is 0.309 e. The average Bonchev–Trinajstić information content (AvgIpc) is 3.26. The van der Waals surface area contributed by atoms with Gasteiger partial charge in [-0.05, 0) is 44.4 Å². The number of pyridine rings is 1. The van der Waals surface area contributed by atoms with E-state index in [1.165, 1.54) is 11.8 Å². The zero-order valence-corrected chi connectivity index (χ0v) is 20.3. The zero-order chi connectivity index (χ0) is 23.9. The molecule has 1 aliphatic rings. The number of thioether (sulfide) groups is 1. The van der Waals surface area contributed by atoms with Crippen LogP contribution in [0.1, 0.15) is 32.3 Å². The second kappa shape index (κ2) is 11.3. The first-order valence-electron chi connectivity index (χ1n) is 11.6. The van der Waals surface area contributed by atoms with E-state index in [-0.39, 0.29) is 23.0 Å². The first kappa shape index (κ1) is 23.9. The highest BCUT2D eigenvalue weighted by molar-refractivity contribution is 8.00. The van der Waals surface area contributed by atoms with Crippen LogP contribution in [0.2, 0.25) is 0 Å². The molecule has 1 saturated heterocycles. The van der Waals surface area contributed by atoms with Crippen molar-refractivity contribution in [3.05, 3.63) is 60.4 Å². The zero-order valence-electron chi connectivity index (χ0n) is 19.5. The minimum atomic E-state index is -0.334. The van der Waals surface area contributed by atoms with Gasteiger partial charge >= 0.3 is 5.97 Å². The lowest BCUT2D eigenvalue weighted by molar-refractivity contribution is -0.151. The Balaban J connectivity index is 1.48. The first-order chi connectivity index (χ1) is 16.6. The van der Waals surface area contributed by atoms with Crippen molar-refractivity contribution < 1.29 is 14.3 Å². The van der Waals surface area contributed by atoms with Crippen LogP contribution in [0.25, 0.3) is 11.4 Å². The predicted molar refractivity (Wildman–Crippen MR) is 130 cm³/mol. The summed E-state index contributed by atoms with van der Waals surface area (Å²) in [6.45, 7) is 5.81. The lowest BCUT2D eigenvalue weighted by atomic mass is 9.97. The van der Waals surface area contributed by atoms with Crippen molar-refractivity contribution >= 4 is 23.6 Å². The van der Waals surface area contributed by atoms with Gasteiger partial charge in [0.25, 0.3) is 0 Å². The molecule has 4 rings (SSSR count). The van der Waals surface area contributed by atoms with E-state index in [4.69, 9.17) is 4.74 Å². The number of rotatable bonds is 8. The number of aromatic nitrogens is 4. The molecule has 1 fully saturated rings. The molecule has 0 saturated carbocycles. The molecule has 0 spiro atoms. The number of benzene rings is 1. The Morgan fingerprint density at radius 3 is 2.56 bits per heavy atom. The summed E-state index contributed by atoms with van der Waals surface area (Å²) in [6, 6.07) is 13.9. The van der Waals surface area contributed by atoms with Crippen molar-refractivity contribution in [3.8, 4) is 11.4 Å². The van der Waals surface area contributed by atoms with Crippen LogP contribution in [-0.4, -0.2) is 61.5 Å². The lowest BCUT2D eigenvalue weighted by Gasteiger charge is -2.32. The number of hydrogen-bond acceptors (Lipinski definition) is 7. The van der Waals surface area contributed by atoms with Crippen LogP contribution >= 0.6 is 11.8 Å². The van der Waals surface area contributed by atoms with Gasteiger partial charge in [-0.2, -0.15) is 0 Å². The number of ether oxygens (including phenoxy) is 1. The van der Waals surface area contributed by atoms with E-state index in [2.05, 4.69) is 27.3 Å². The molecule has 178 valence electrons. The molecule has 34 heavy (non-hydrogen) atoms. The summed E-state index contributed by atoms with van der Waals surface area (Å²) < 4.78 is 7.17. The van der Waals surface area contributed by atoms with Gasteiger partial charge in [-0.3, -0.25) is 19.1 Å². The number of likely N-dealkylation sites (tertiary alicyclic amines) is 1. The fraction of sp³-hybridized carbons (Fsp3) is 0.400. The van der Waals surface area contributed by atoms with E-state index in [0.717, 1.165) is 11.1 Å². The van der Waals surface area contributed by atoms with Gasteiger partial charge in [0.1, 0.15) is 0 Å². The molecule has 0 aliphatic carbocycles. The smallest absolute Gasteiger partial charge is 0.309 e. The number of carbonyl (C=O) groups is 2. The SMILES string of the molecule is CCOC(=O)C1CCN(C(=O)C(C)Sc2nnc(-c3cccnc3)n2Cc2ccccc2)CC1. The Kier molecular flexibility index (Phi) is 7.95. The number of hydrogen-bond donors (Lipinski definition) is 0. The molecule has 1 aliphatic heterocycles. The summed E-state index contributed by atoms with van der Waals surface area (Å²) in [4.78, 5) is 31.2. The van der Waals surface area contributed by atoms with Crippen LogP contribution < -0.4 is 0 Å². The van der Waals surface area contributed by atoms with Gasteiger partial charge in [0.2, 0.25) is 5.91 Å². The van der Waals surface area contributed by atoms with Crippen LogP contribution in [0.3, 0.4) is 0 Å². The number of carbonyl (C=O) groups excluding carboxylic acids is 2. The van der Waals surface area contributed by atoms with Crippen LogP contribution in [0, 0.1) is 5.92 Å². The van der Waals surface area contributed by atoms with Crippen molar-refractivity contribution in [1.82, 2.24) is 24.6 Å². The van der Waals surface area contributed by atoms with Crippen molar-refractivity contribution in [2.45, 2.75) is 43.6 Å². The van der Waals surface area contributed by atoms with Gasteiger partial charge in [0.15, 0.2) is 11.0 Å². The van der Waals surface area contributed by atoms with Gasteiger partial charge in [0, 0.05) is 31.0 Å². The van der Waals surface area contributed by atoms with E-state index in [1.807, 2.05) is 53.6 Å². The molecule has 1 unspecified atom stereocenters. The van der Waals surface area contributed by atoms with E-state index < -0.39 is 0 Å². The molecule has 0 radical (unpaired) electrons. The molecule has 3 heterocycles. The van der Waals surface area contributed by atoms with Gasteiger partial charge < -0.3 is 9.64 Å². The topological polar surface area (TPSA) is 90.2 Å². The molecule has 1 amide bonds. The summed E-state index contributed by atoms with van der Waals surface area (Å²) in [6.07, 6.45) is 4.76. The fourth-order valence-electron chi connectivity index (χ4n) is 4.05. The second-order valence-corrected chi connectivity index (χ2v) is 9.54. The summed E-state index contributed by atoms with van der Waals surface area (Å²) in [5.41, 5.74) is 1.99. The fourth-order valence-corrected chi connectivity index (χ4v) is 4.99. The standard InChI is InChI=1S/C25H29N5O3S/c1-3-33-24(32)20-11-14-29(15-12-20)23(31)18(2)34-25-28-27-22(21-10-7-13-26-16-21)30(25)17-19-8-5-4-6-9-19/h4-10,13,16,18,20H,3,11-12,14-15,17H2,1-2H3. The molecule has 1 atom stereocenters. The largest absolute Gasteiger partial charge is 0.466 e. The van der Waals surface area contributed by atoms with Crippen LogP contribution in [0.5, 0.6) is 0 Å². The molecular formula is C25H29N5O3S. The Hall–Kier alpha value is -3.20. The highest BCUT2D eigenvalue weighted by atomic mass is 32.2. The normalized spacial score (nSPS) is 15.2. The molecule has 0 N–H and O–H groups in total. The minimum absolute atomic E-state index is 0.0458. The maximum atomic E-state index is 13.2. The molecular weight excluding hydrogens is 450 g/mol. The summed E-state index contributed by atoms with van der Waals surface area (Å²) in [5.74, 6) is 0.482. The Bertz CT molecular complexity index is 1100. The number of esters is 1. The van der Waals surface area contributed by atoms with E-state index >= 15 is 0 Å². The van der Waals surface area contributed by atoms with Crippen molar-refractivity contribution in [2.75, 3.05) is 19.7 Å². The van der Waals surface area contributed by atoms with Crippen molar-refractivity contribution in [3.63, 3.8) is 0 Å². The molecule has 3 aromatic rings. The Morgan fingerprint density at radius 2 is 1.88 bits per heavy atom. The van der Waals surface area contributed by atoms with Gasteiger partial charge in [-0.25, -0.2) is 0 Å². The number of amides is 1. The minimum Gasteiger partial charge on any atom is -0.466 e. The summed E-state index contributed by atoms with van der Waals surface area (Å²) >= 11 is 1.41. The van der Waals surface area contributed by atoms with Gasteiger partial charge in [0.05, 0.1) is 24.3 Å². The quantitative estimate of drug-likeness (QED) is 0.360. The van der Waals surface area contributed by atoms with Crippen LogP contribution in [-0.2, 0) is 20.9 Å². The first-order valence-corrected chi connectivity index (χ1v) is 12.4. The van der Waals surface area contributed by atoms with E-state index in [0.29, 0.717) is 50.1 Å². The molecule has 1 aromatic carbocycles. The lowest BCUT2D eigenvalue weighted by Crippen LogP contribution is -2.43. The molecule has 8 nitrogen and oxygen atoms in total. The third-order valence-electron chi connectivity index (χ3n) is 5.88. The monoisotopic (exact) mass is 479 g/mol. The molecule has 0 bridgehead atoms. The number of nitrogens with zero attached hydrogens (tertiary/aromatic N) is 5. The predicted octanol–water partition coefficient (Wildman–Crippen LogP) is 3.67. The third-order valence-corrected chi connectivity index (χ3v) is 6.94. The number of piperidine rings is 1. The average molecular weight is 480 g/mol. The third kappa shape index (κ3) is 5.64. The highest BCUT2D eigenvalue weighted by Crippen LogP contribution is 2.29. The summed E-state index contributed by atoms with van der Waals surface area (Å²) in [7, 11) is 0. The van der Waals surface area contributed by atoms with Crippen molar-refractivity contribution in [1.29, 1.82) is 0 Å². The molecule has 2 aromatic heterocycles. The van der Waals surface area contributed by atoms with E-state index in [1.54, 1.807) is 12.4 Å². The van der Waals surface area contributed by atoms with Crippen molar-refractivity contribution in [2.24, 2.45) is 5.92 Å². The van der Waals surface area contributed by atoms with E-state index in [9.17, 15) is 9.59 Å². The van der Waals surface area contributed by atoms with Crippen LogP contribution in [0.15, 0.2) is 60.0 Å². The summed E-state index contributed by atoms with van der Waals surface area (Å²) in [5, 5.41) is 9.21. The highest BCUT2D eigenvalue weighted by Gasteiger charge is 2.31.